The van der Waals surface area contributed by atoms with E-state index in [1.165, 1.54) is 0 Å². The lowest BCUT2D eigenvalue weighted by Gasteiger charge is -1.87. The van der Waals surface area contributed by atoms with Gasteiger partial charge in [0.05, 0.1) is 0 Å². The summed E-state index contributed by atoms with van der Waals surface area (Å²) in [6.45, 7) is 1.80. The van der Waals surface area contributed by atoms with Crippen molar-refractivity contribution < 1.29 is 4.79 Å². The van der Waals surface area contributed by atoms with Crippen LogP contribution in [0.3, 0.4) is 0 Å². The van der Waals surface area contributed by atoms with Crippen molar-refractivity contribution in [2.45, 2.75) is 13.3 Å². The highest BCUT2D eigenvalue weighted by molar-refractivity contribution is 5.95. The first-order valence-electron chi connectivity index (χ1n) is 4.59. The van der Waals surface area contributed by atoms with Crippen LogP contribution in [0.2, 0.25) is 0 Å². The fourth-order valence-electron chi connectivity index (χ4n) is 0.913. The predicted octanol–water partition coefficient (Wildman–Crippen LogP) is 2.68. The second-order valence-electron chi connectivity index (χ2n) is 2.79. The molecule has 1 nitrogen and oxygen atoms in total. The maximum Gasteiger partial charge on any atom is 0.205 e. The van der Waals surface area contributed by atoms with Crippen LogP contribution in [0.5, 0.6) is 0 Å². The minimum Gasteiger partial charge on any atom is -0.285 e. The van der Waals surface area contributed by atoms with Crippen LogP contribution in [0.25, 0.3) is 6.08 Å². The summed E-state index contributed by atoms with van der Waals surface area (Å²) in [5.74, 6) is 5.21. The van der Waals surface area contributed by atoms with Gasteiger partial charge in [0, 0.05) is 6.42 Å². The van der Waals surface area contributed by atoms with E-state index in [1.807, 2.05) is 36.4 Å². The number of benzene rings is 1. The van der Waals surface area contributed by atoms with E-state index in [9.17, 15) is 4.79 Å². The summed E-state index contributed by atoms with van der Waals surface area (Å²) >= 11 is 0. The standard InChI is InChI=1S/C13H12O/c1-2-13(14)11-7-6-10-12-8-4-3-5-9-12/h3-6,8-10H,2H2,1H3. The van der Waals surface area contributed by atoms with E-state index in [2.05, 4.69) is 11.8 Å². The Hall–Kier alpha value is -1.81. The van der Waals surface area contributed by atoms with Gasteiger partial charge < -0.3 is 0 Å². The van der Waals surface area contributed by atoms with Crippen molar-refractivity contribution in [3.63, 3.8) is 0 Å². The summed E-state index contributed by atoms with van der Waals surface area (Å²) in [5.41, 5.74) is 1.09. The Morgan fingerprint density at radius 3 is 2.71 bits per heavy atom. The summed E-state index contributed by atoms with van der Waals surface area (Å²) in [7, 11) is 0. The van der Waals surface area contributed by atoms with Crippen LogP contribution in [0.4, 0.5) is 0 Å². The van der Waals surface area contributed by atoms with Gasteiger partial charge in [-0.2, -0.15) is 0 Å². The fraction of sp³-hybridized carbons (Fsp3) is 0.154. The molecule has 0 saturated carbocycles. The van der Waals surface area contributed by atoms with Gasteiger partial charge in [-0.05, 0) is 23.6 Å². The maximum atomic E-state index is 10.8. The van der Waals surface area contributed by atoms with E-state index in [0.717, 1.165) is 5.56 Å². The van der Waals surface area contributed by atoms with Crippen molar-refractivity contribution >= 4 is 11.9 Å². The minimum absolute atomic E-state index is 0.0253. The molecule has 0 aliphatic rings. The van der Waals surface area contributed by atoms with Crippen LogP contribution in [-0.4, -0.2) is 5.78 Å². The van der Waals surface area contributed by atoms with E-state index in [-0.39, 0.29) is 5.78 Å². The number of allylic oxidation sites excluding steroid dienone is 1. The normalized spacial score (nSPS) is 9.50. The lowest BCUT2D eigenvalue weighted by molar-refractivity contribution is -0.113. The molecule has 0 radical (unpaired) electrons. The number of hydrogen-bond donors (Lipinski definition) is 0. The van der Waals surface area contributed by atoms with Crippen molar-refractivity contribution in [1.29, 1.82) is 0 Å². The molecule has 0 atom stereocenters. The van der Waals surface area contributed by atoms with Crippen LogP contribution in [0.1, 0.15) is 18.9 Å². The van der Waals surface area contributed by atoms with Gasteiger partial charge in [-0.25, -0.2) is 0 Å². The summed E-state index contributed by atoms with van der Waals surface area (Å²) in [5, 5.41) is 0. The first kappa shape index (κ1) is 10.3. The third-order valence-electron chi connectivity index (χ3n) is 1.69. The van der Waals surface area contributed by atoms with Gasteiger partial charge >= 0.3 is 0 Å². The first-order chi connectivity index (χ1) is 6.83. The van der Waals surface area contributed by atoms with E-state index in [4.69, 9.17) is 0 Å². The summed E-state index contributed by atoms with van der Waals surface area (Å²) in [6.07, 6.45) is 4.06. The number of carbonyl (C=O) groups excluding carboxylic acids is 1. The van der Waals surface area contributed by atoms with Crippen LogP contribution in [-0.2, 0) is 4.79 Å². The van der Waals surface area contributed by atoms with E-state index in [1.54, 1.807) is 13.0 Å². The Morgan fingerprint density at radius 2 is 2.07 bits per heavy atom. The summed E-state index contributed by atoms with van der Waals surface area (Å²) in [6, 6.07) is 9.86. The molecule has 0 bridgehead atoms. The quantitative estimate of drug-likeness (QED) is 0.510. The third kappa shape index (κ3) is 3.73. The molecule has 1 rings (SSSR count). The number of rotatable bonds is 2. The molecule has 0 fully saturated rings. The molecule has 0 unspecified atom stereocenters. The lowest BCUT2D eigenvalue weighted by atomic mass is 10.2. The van der Waals surface area contributed by atoms with Gasteiger partial charge in [-0.15, -0.1) is 0 Å². The second kappa shape index (κ2) is 5.77. The van der Waals surface area contributed by atoms with Gasteiger partial charge in [0.15, 0.2) is 0 Å². The van der Waals surface area contributed by atoms with Crippen LogP contribution >= 0.6 is 0 Å². The molecule has 0 saturated heterocycles. The average Bonchev–Trinajstić information content (AvgIpc) is 2.25. The maximum absolute atomic E-state index is 10.8. The first-order valence-corrected chi connectivity index (χ1v) is 4.59. The minimum atomic E-state index is -0.0253. The monoisotopic (exact) mass is 184 g/mol. The molecule has 0 aliphatic carbocycles. The Bertz CT molecular complexity index is 377. The highest BCUT2D eigenvalue weighted by Gasteiger charge is 1.85. The molecule has 70 valence electrons. The van der Waals surface area contributed by atoms with Gasteiger partial charge in [0.25, 0.3) is 0 Å². The van der Waals surface area contributed by atoms with Crippen molar-refractivity contribution in [2.24, 2.45) is 0 Å². The highest BCUT2D eigenvalue weighted by Crippen LogP contribution is 1.99. The predicted molar refractivity (Wildman–Crippen MR) is 58.6 cm³/mol. The van der Waals surface area contributed by atoms with Gasteiger partial charge in [0.1, 0.15) is 0 Å². The smallest absolute Gasteiger partial charge is 0.205 e. The van der Waals surface area contributed by atoms with Crippen LogP contribution in [0, 0.1) is 11.8 Å². The molecular formula is C13H12O. The number of hydrogen-bond acceptors (Lipinski definition) is 1. The molecule has 0 spiro atoms. The average molecular weight is 184 g/mol. The van der Waals surface area contributed by atoms with Gasteiger partial charge in [-0.3, -0.25) is 4.79 Å². The molecule has 0 aromatic heterocycles. The molecule has 1 aromatic carbocycles. The molecule has 1 aromatic rings. The molecule has 1 heteroatoms. The fourth-order valence-corrected chi connectivity index (χ4v) is 0.913. The number of carbonyl (C=O) groups is 1. The van der Waals surface area contributed by atoms with Crippen molar-refractivity contribution in [2.75, 3.05) is 0 Å². The van der Waals surface area contributed by atoms with Gasteiger partial charge in [-0.1, -0.05) is 43.2 Å². The Morgan fingerprint density at radius 1 is 1.36 bits per heavy atom. The Kier molecular flexibility index (Phi) is 4.23. The molecule has 0 aliphatic heterocycles. The van der Waals surface area contributed by atoms with Crippen molar-refractivity contribution in [3.8, 4) is 11.8 Å². The van der Waals surface area contributed by atoms with Crippen molar-refractivity contribution in [3.05, 3.63) is 42.0 Å². The van der Waals surface area contributed by atoms with E-state index in [0.29, 0.717) is 6.42 Å². The second-order valence-corrected chi connectivity index (χ2v) is 2.79. The molecule has 14 heavy (non-hydrogen) atoms. The lowest BCUT2D eigenvalue weighted by Crippen LogP contribution is -1.86. The zero-order valence-electron chi connectivity index (χ0n) is 8.16. The van der Waals surface area contributed by atoms with E-state index < -0.39 is 0 Å². The topological polar surface area (TPSA) is 17.1 Å². The Balaban J connectivity index is 2.56. The number of ketones is 1. The highest BCUT2D eigenvalue weighted by atomic mass is 16.1. The molecule has 0 heterocycles. The van der Waals surface area contributed by atoms with Crippen molar-refractivity contribution in [1.82, 2.24) is 0 Å². The van der Waals surface area contributed by atoms with Crippen LogP contribution in [0.15, 0.2) is 36.4 Å². The van der Waals surface area contributed by atoms with E-state index >= 15 is 0 Å². The molecule has 0 N–H and O–H groups in total. The number of Topliss-reactive ketones (excluding diaryl/α,β-unsaturated/α-hetero) is 1. The molecule has 0 amide bonds. The van der Waals surface area contributed by atoms with Gasteiger partial charge in [0.2, 0.25) is 5.78 Å². The summed E-state index contributed by atoms with van der Waals surface area (Å²) < 4.78 is 0. The SMILES string of the molecule is CCC(=O)C#CC=Cc1ccccc1. The zero-order chi connectivity index (χ0) is 10.2. The Labute approximate surface area is 84.5 Å². The summed E-state index contributed by atoms with van der Waals surface area (Å²) in [4.78, 5) is 10.8. The third-order valence-corrected chi connectivity index (χ3v) is 1.69. The van der Waals surface area contributed by atoms with Crippen LogP contribution < -0.4 is 0 Å². The zero-order valence-corrected chi connectivity index (χ0v) is 8.16. The molecular weight excluding hydrogens is 172 g/mol. The largest absolute Gasteiger partial charge is 0.285 e.